The fraction of sp³-hybridized carbons (Fsp3) is 0.417. The van der Waals surface area contributed by atoms with Crippen LogP contribution >= 0.6 is 11.3 Å². The fourth-order valence-electron chi connectivity index (χ4n) is 1.73. The molecule has 2 rings (SSSR count). The Kier molecular flexibility index (Phi) is 4.28. The molecular weight excluding hydrogens is 266 g/mol. The Balaban J connectivity index is 2.12. The average Bonchev–Trinajstić information content (AvgIpc) is 2.84. The van der Waals surface area contributed by atoms with Gasteiger partial charge in [-0.3, -0.25) is 9.59 Å². The molecule has 1 amide bonds. The summed E-state index contributed by atoms with van der Waals surface area (Å²) in [5, 5.41) is 10.5. The largest absolute Gasteiger partial charge is 0.396 e. The van der Waals surface area contributed by atoms with Crippen molar-refractivity contribution in [2.45, 2.75) is 19.4 Å². The minimum atomic E-state index is -0.175. The van der Waals surface area contributed by atoms with E-state index in [0.717, 1.165) is 0 Å². The molecule has 0 aliphatic rings. The Hall–Kier alpha value is -1.73. The third-order valence-electron chi connectivity index (χ3n) is 2.73. The number of amides is 1. The predicted octanol–water partition coefficient (Wildman–Crippen LogP) is 0.716. The molecular formula is C12H15N3O3S. The van der Waals surface area contributed by atoms with Gasteiger partial charge in [0.2, 0.25) is 5.91 Å². The first-order valence-corrected chi connectivity index (χ1v) is 6.81. The number of thiophene rings is 1. The van der Waals surface area contributed by atoms with Crippen LogP contribution in [0.15, 0.2) is 16.2 Å². The third kappa shape index (κ3) is 3.18. The first-order chi connectivity index (χ1) is 9.11. The number of aliphatic hydroxyl groups excluding tert-OH is 1. The Morgan fingerprint density at radius 2 is 2.37 bits per heavy atom. The molecule has 19 heavy (non-hydrogen) atoms. The number of hydrogen-bond acceptors (Lipinski definition) is 5. The summed E-state index contributed by atoms with van der Waals surface area (Å²) in [5.74, 6) is 0.387. The Bertz CT molecular complexity index is 634. The van der Waals surface area contributed by atoms with Gasteiger partial charge in [0, 0.05) is 20.1 Å². The minimum absolute atomic E-state index is 0.00444. The van der Waals surface area contributed by atoms with E-state index in [0.29, 0.717) is 22.5 Å². The number of aliphatic hydroxyl groups is 1. The van der Waals surface area contributed by atoms with Crippen molar-refractivity contribution in [3.8, 4) is 0 Å². The van der Waals surface area contributed by atoms with Crippen LogP contribution in [-0.4, -0.2) is 39.5 Å². The smallest absolute Gasteiger partial charge is 0.268 e. The molecule has 0 aromatic carbocycles. The molecule has 7 heteroatoms. The van der Waals surface area contributed by atoms with Crippen LogP contribution in [0.5, 0.6) is 0 Å². The monoisotopic (exact) mass is 281 g/mol. The van der Waals surface area contributed by atoms with E-state index >= 15 is 0 Å². The number of H-pyrrole nitrogens is 1. The maximum atomic E-state index is 11.8. The molecule has 0 unspecified atom stereocenters. The Labute approximate surface area is 113 Å². The van der Waals surface area contributed by atoms with Gasteiger partial charge in [-0.25, -0.2) is 4.98 Å². The highest BCUT2D eigenvalue weighted by atomic mass is 32.1. The van der Waals surface area contributed by atoms with Gasteiger partial charge in [-0.15, -0.1) is 11.3 Å². The van der Waals surface area contributed by atoms with E-state index in [-0.39, 0.29) is 31.0 Å². The molecule has 2 aromatic heterocycles. The SMILES string of the molecule is CN(Cc1nc2ccsc2c(=O)[nH]1)C(=O)CCCO. The third-order valence-corrected chi connectivity index (χ3v) is 3.63. The number of hydrogen-bond donors (Lipinski definition) is 2. The molecule has 0 saturated carbocycles. The van der Waals surface area contributed by atoms with Crippen LogP contribution < -0.4 is 5.56 Å². The van der Waals surface area contributed by atoms with Crippen LogP contribution in [0.25, 0.3) is 10.2 Å². The van der Waals surface area contributed by atoms with Crippen molar-refractivity contribution in [1.82, 2.24) is 14.9 Å². The van der Waals surface area contributed by atoms with Gasteiger partial charge in [0.05, 0.1) is 12.1 Å². The number of carbonyl (C=O) groups is 1. The first-order valence-electron chi connectivity index (χ1n) is 5.93. The zero-order valence-electron chi connectivity index (χ0n) is 10.5. The summed E-state index contributed by atoms with van der Waals surface area (Å²) in [7, 11) is 1.65. The normalized spacial score (nSPS) is 10.8. The highest BCUT2D eigenvalue weighted by molar-refractivity contribution is 7.17. The van der Waals surface area contributed by atoms with Gasteiger partial charge in [-0.2, -0.15) is 0 Å². The van der Waals surface area contributed by atoms with Gasteiger partial charge in [-0.1, -0.05) is 0 Å². The molecule has 6 nitrogen and oxygen atoms in total. The van der Waals surface area contributed by atoms with Crippen LogP contribution in [0.1, 0.15) is 18.7 Å². The van der Waals surface area contributed by atoms with Gasteiger partial charge in [0.15, 0.2) is 0 Å². The second-order valence-electron chi connectivity index (χ2n) is 4.22. The maximum Gasteiger partial charge on any atom is 0.268 e. The summed E-state index contributed by atoms with van der Waals surface area (Å²) in [5.41, 5.74) is 0.478. The van der Waals surface area contributed by atoms with Gasteiger partial charge in [-0.05, 0) is 17.9 Å². The summed E-state index contributed by atoms with van der Waals surface area (Å²) in [6, 6.07) is 1.78. The summed E-state index contributed by atoms with van der Waals surface area (Å²) >= 11 is 1.34. The van der Waals surface area contributed by atoms with Crippen LogP contribution in [0.4, 0.5) is 0 Å². The summed E-state index contributed by atoms with van der Waals surface area (Å²) in [6.07, 6.45) is 0.731. The molecule has 2 aromatic rings. The van der Waals surface area contributed by atoms with Crippen molar-refractivity contribution < 1.29 is 9.90 Å². The van der Waals surface area contributed by atoms with Crippen molar-refractivity contribution >= 4 is 27.5 Å². The predicted molar refractivity (Wildman–Crippen MR) is 73.0 cm³/mol. The molecule has 0 saturated heterocycles. The molecule has 0 fully saturated rings. The first kappa shape index (κ1) is 13.7. The highest BCUT2D eigenvalue weighted by Gasteiger charge is 2.11. The lowest BCUT2D eigenvalue weighted by Gasteiger charge is -2.16. The van der Waals surface area contributed by atoms with Crippen molar-refractivity contribution in [2.75, 3.05) is 13.7 Å². The van der Waals surface area contributed by atoms with Crippen LogP contribution in [0.2, 0.25) is 0 Å². The van der Waals surface area contributed by atoms with Crippen molar-refractivity contribution in [3.63, 3.8) is 0 Å². The second-order valence-corrected chi connectivity index (χ2v) is 5.14. The van der Waals surface area contributed by atoms with Crippen LogP contribution in [0.3, 0.4) is 0 Å². The molecule has 2 N–H and O–H groups in total. The lowest BCUT2D eigenvalue weighted by molar-refractivity contribution is -0.130. The molecule has 102 valence electrons. The molecule has 0 radical (unpaired) electrons. The summed E-state index contributed by atoms with van der Waals surface area (Å²) in [6.45, 7) is 0.251. The number of fused-ring (bicyclic) bond motifs is 1. The van der Waals surface area contributed by atoms with E-state index < -0.39 is 0 Å². The van der Waals surface area contributed by atoms with Crippen LogP contribution in [0, 0.1) is 0 Å². The van der Waals surface area contributed by atoms with E-state index in [1.54, 1.807) is 13.1 Å². The number of nitrogens with one attached hydrogen (secondary N) is 1. The minimum Gasteiger partial charge on any atom is -0.396 e. The Morgan fingerprint density at radius 1 is 1.58 bits per heavy atom. The Morgan fingerprint density at radius 3 is 3.11 bits per heavy atom. The van der Waals surface area contributed by atoms with Gasteiger partial charge in [0.25, 0.3) is 5.56 Å². The summed E-state index contributed by atoms with van der Waals surface area (Å²) in [4.78, 5) is 31.9. The zero-order chi connectivity index (χ0) is 13.8. The lowest BCUT2D eigenvalue weighted by atomic mass is 10.3. The topological polar surface area (TPSA) is 86.3 Å². The van der Waals surface area contributed by atoms with E-state index in [2.05, 4.69) is 9.97 Å². The van der Waals surface area contributed by atoms with E-state index in [1.807, 2.05) is 5.38 Å². The second kappa shape index (κ2) is 5.94. The summed E-state index contributed by atoms with van der Waals surface area (Å²) < 4.78 is 0.595. The zero-order valence-corrected chi connectivity index (χ0v) is 11.4. The van der Waals surface area contributed by atoms with Gasteiger partial charge >= 0.3 is 0 Å². The molecule has 0 bridgehead atoms. The average molecular weight is 281 g/mol. The number of rotatable bonds is 5. The standard InChI is InChI=1S/C12H15N3O3S/c1-15(10(17)3-2-5-16)7-9-13-8-4-6-19-11(8)12(18)14-9/h4,6,16H,2-3,5,7H2,1H3,(H,13,14,18). The van der Waals surface area contributed by atoms with Gasteiger partial charge < -0.3 is 15.0 Å². The maximum absolute atomic E-state index is 11.8. The van der Waals surface area contributed by atoms with E-state index in [9.17, 15) is 9.59 Å². The lowest BCUT2D eigenvalue weighted by Crippen LogP contribution is -2.28. The molecule has 0 aliphatic carbocycles. The molecule has 0 aliphatic heterocycles. The van der Waals surface area contributed by atoms with Crippen molar-refractivity contribution in [3.05, 3.63) is 27.6 Å². The number of aromatic nitrogens is 2. The molecule has 2 heterocycles. The number of carbonyl (C=O) groups excluding carboxylic acids is 1. The van der Waals surface area contributed by atoms with E-state index in [4.69, 9.17) is 5.11 Å². The van der Waals surface area contributed by atoms with Crippen molar-refractivity contribution in [2.24, 2.45) is 0 Å². The van der Waals surface area contributed by atoms with Gasteiger partial charge in [0.1, 0.15) is 10.5 Å². The van der Waals surface area contributed by atoms with Crippen molar-refractivity contribution in [1.29, 1.82) is 0 Å². The molecule has 0 atom stereocenters. The number of aromatic amines is 1. The quantitative estimate of drug-likeness (QED) is 0.845. The van der Waals surface area contributed by atoms with E-state index in [1.165, 1.54) is 16.2 Å². The molecule has 0 spiro atoms. The van der Waals surface area contributed by atoms with Crippen LogP contribution in [-0.2, 0) is 11.3 Å². The number of nitrogens with zero attached hydrogens (tertiary/aromatic N) is 2. The highest BCUT2D eigenvalue weighted by Crippen LogP contribution is 2.14. The fourth-order valence-corrected chi connectivity index (χ4v) is 2.46.